The molecule has 0 radical (unpaired) electrons. The molecule has 1 aromatic rings. The van der Waals surface area contributed by atoms with Crippen molar-refractivity contribution >= 4 is 5.91 Å². The van der Waals surface area contributed by atoms with Gasteiger partial charge in [-0.1, -0.05) is 0 Å². The Morgan fingerprint density at radius 3 is 2.89 bits per heavy atom. The van der Waals surface area contributed by atoms with Crippen LogP contribution in [-0.4, -0.2) is 28.3 Å². The molecule has 19 heavy (non-hydrogen) atoms. The third-order valence-electron chi connectivity index (χ3n) is 3.33. The molecule has 6 heteroatoms. The van der Waals surface area contributed by atoms with Crippen molar-refractivity contribution in [3.8, 4) is 6.07 Å². The zero-order chi connectivity index (χ0) is 13.8. The Hall–Kier alpha value is -1.87. The Morgan fingerprint density at radius 1 is 1.53 bits per heavy atom. The van der Waals surface area contributed by atoms with E-state index in [2.05, 4.69) is 15.7 Å². The first-order valence-electron chi connectivity index (χ1n) is 6.51. The van der Waals surface area contributed by atoms with Crippen LogP contribution in [0.5, 0.6) is 0 Å². The lowest BCUT2D eigenvalue weighted by Crippen LogP contribution is -2.28. The highest BCUT2D eigenvalue weighted by atomic mass is 16.2. The molecule has 1 saturated carbocycles. The van der Waals surface area contributed by atoms with Crippen molar-refractivity contribution in [1.82, 2.24) is 20.4 Å². The Kier molecular flexibility index (Phi) is 4.17. The first-order chi connectivity index (χ1) is 9.11. The molecule has 6 nitrogen and oxygen atoms in total. The van der Waals surface area contributed by atoms with E-state index in [1.807, 2.05) is 19.9 Å². The molecule has 0 bridgehead atoms. The van der Waals surface area contributed by atoms with Crippen LogP contribution in [0.1, 0.15) is 29.8 Å². The summed E-state index contributed by atoms with van der Waals surface area (Å²) in [6, 6.07) is 2.54. The fourth-order valence-electron chi connectivity index (χ4n) is 2.01. The minimum atomic E-state index is -0.186. The van der Waals surface area contributed by atoms with Crippen LogP contribution in [0.3, 0.4) is 0 Å². The second-order valence-electron chi connectivity index (χ2n) is 4.90. The Balaban J connectivity index is 1.98. The second kappa shape index (κ2) is 5.85. The first-order valence-corrected chi connectivity index (χ1v) is 6.51. The number of aromatic nitrogens is 2. The molecule has 1 aromatic heterocycles. The number of aryl methyl sites for hydroxylation is 1. The minimum absolute atomic E-state index is 0.0359. The molecule has 2 N–H and O–H groups in total. The van der Waals surface area contributed by atoms with Crippen molar-refractivity contribution in [2.24, 2.45) is 0 Å². The maximum Gasteiger partial charge on any atom is 0.242 e. The summed E-state index contributed by atoms with van der Waals surface area (Å²) in [5.74, 6) is -0.186. The van der Waals surface area contributed by atoms with E-state index in [4.69, 9.17) is 5.26 Å². The van der Waals surface area contributed by atoms with Crippen LogP contribution >= 0.6 is 0 Å². The van der Waals surface area contributed by atoms with E-state index in [0.29, 0.717) is 6.04 Å². The van der Waals surface area contributed by atoms with E-state index in [1.54, 1.807) is 4.68 Å². The van der Waals surface area contributed by atoms with Gasteiger partial charge in [-0.25, -0.2) is 0 Å². The van der Waals surface area contributed by atoms with E-state index >= 15 is 0 Å². The average Bonchev–Trinajstić information content (AvgIpc) is 3.15. The molecule has 1 amide bonds. The number of nitrogens with zero attached hydrogens (tertiary/aromatic N) is 3. The van der Waals surface area contributed by atoms with Gasteiger partial charge in [-0.05, 0) is 26.7 Å². The van der Waals surface area contributed by atoms with Crippen molar-refractivity contribution < 1.29 is 4.79 Å². The Bertz CT molecular complexity index is 510. The van der Waals surface area contributed by atoms with Crippen molar-refractivity contribution in [2.75, 3.05) is 6.54 Å². The van der Waals surface area contributed by atoms with E-state index in [-0.39, 0.29) is 19.0 Å². The summed E-state index contributed by atoms with van der Waals surface area (Å²) in [4.78, 5) is 11.6. The number of hydrogen-bond acceptors (Lipinski definition) is 4. The maximum absolute atomic E-state index is 11.6. The third-order valence-corrected chi connectivity index (χ3v) is 3.33. The van der Waals surface area contributed by atoms with Gasteiger partial charge in [0.1, 0.15) is 13.1 Å². The van der Waals surface area contributed by atoms with Gasteiger partial charge in [0.2, 0.25) is 5.91 Å². The van der Waals surface area contributed by atoms with Gasteiger partial charge in [0.15, 0.2) is 0 Å². The number of carbonyl (C=O) groups is 1. The Labute approximate surface area is 112 Å². The van der Waals surface area contributed by atoms with Crippen molar-refractivity contribution in [3.05, 3.63) is 17.0 Å². The summed E-state index contributed by atoms with van der Waals surface area (Å²) in [6.07, 6.45) is 2.51. The summed E-state index contributed by atoms with van der Waals surface area (Å²) in [5.41, 5.74) is 3.14. The molecule has 1 heterocycles. The molecule has 0 unspecified atom stereocenters. The lowest BCUT2D eigenvalue weighted by atomic mass is 10.2. The first kappa shape index (κ1) is 13.6. The highest BCUT2D eigenvalue weighted by Crippen LogP contribution is 2.20. The lowest BCUT2D eigenvalue weighted by molar-refractivity contribution is -0.121. The molecule has 1 aliphatic carbocycles. The van der Waals surface area contributed by atoms with Gasteiger partial charge in [-0.2, -0.15) is 10.4 Å². The zero-order valence-corrected chi connectivity index (χ0v) is 11.4. The molecule has 2 rings (SSSR count). The maximum atomic E-state index is 11.6. The molecular weight excluding hydrogens is 242 g/mol. The number of carbonyl (C=O) groups excluding carboxylic acids is 1. The largest absolute Gasteiger partial charge is 0.341 e. The summed E-state index contributed by atoms with van der Waals surface area (Å²) in [6.45, 7) is 4.94. The van der Waals surface area contributed by atoms with Crippen molar-refractivity contribution in [3.63, 3.8) is 0 Å². The molecule has 0 saturated heterocycles. The summed E-state index contributed by atoms with van der Waals surface area (Å²) >= 11 is 0. The van der Waals surface area contributed by atoms with Crippen LogP contribution in [0, 0.1) is 25.2 Å². The molecular formula is C13H19N5O. The van der Waals surface area contributed by atoms with Crippen LogP contribution in [-0.2, 0) is 17.9 Å². The quantitative estimate of drug-likeness (QED) is 0.726. The van der Waals surface area contributed by atoms with Crippen LogP contribution in [0.4, 0.5) is 0 Å². The molecule has 1 fully saturated rings. The van der Waals surface area contributed by atoms with Gasteiger partial charge in [-0.15, -0.1) is 0 Å². The van der Waals surface area contributed by atoms with Gasteiger partial charge >= 0.3 is 0 Å². The van der Waals surface area contributed by atoms with Gasteiger partial charge in [0, 0.05) is 23.8 Å². The minimum Gasteiger partial charge on any atom is -0.341 e. The lowest BCUT2D eigenvalue weighted by Gasteiger charge is -2.06. The molecule has 0 atom stereocenters. The fourth-order valence-corrected chi connectivity index (χ4v) is 2.01. The van der Waals surface area contributed by atoms with Crippen LogP contribution < -0.4 is 10.6 Å². The van der Waals surface area contributed by atoms with E-state index in [1.165, 1.54) is 18.4 Å². The number of rotatable bonds is 6. The predicted octanol–water partition coefficient (Wildman–Crippen LogP) is 0.392. The SMILES string of the molecule is Cc1nn(CC(=O)NCC#N)c(C)c1CNC1CC1. The Morgan fingerprint density at radius 2 is 2.26 bits per heavy atom. The smallest absolute Gasteiger partial charge is 0.242 e. The number of hydrogen-bond donors (Lipinski definition) is 2. The summed E-state index contributed by atoms with van der Waals surface area (Å²) < 4.78 is 1.70. The standard InChI is InChI=1S/C13H19N5O/c1-9-12(7-16-11-3-4-11)10(2)18(17-9)8-13(19)15-6-5-14/h11,16H,3-4,6-8H2,1-2H3,(H,15,19). The topological polar surface area (TPSA) is 82.7 Å². The number of nitriles is 1. The molecule has 0 spiro atoms. The normalized spacial score (nSPS) is 14.2. The second-order valence-corrected chi connectivity index (χ2v) is 4.90. The van der Waals surface area contributed by atoms with E-state index in [9.17, 15) is 4.79 Å². The van der Waals surface area contributed by atoms with Crippen LogP contribution in [0.2, 0.25) is 0 Å². The molecule has 1 aliphatic rings. The predicted molar refractivity (Wildman–Crippen MR) is 70.2 cm³/mol. The fraction of sp³-hybridized carbons (Fsp3) is 0.615. The summed E-state index contributed by atoms with van der Waals surface area (Å²) in [5, 5.41) is 18.8. The van der Waals surface area contributed by atoms with Crippen molar-refractivity contribution in [2.45, 2.75) is 45.8 Å². The van der Waals surface area contributed by atoms with Gasteiger partial charge < -0.3 is 10.6 Å². The van der Waals surface area contributed by atoms with Crippen LogP contribution in [0.15, 0.2) is 0 Å². The summed E-state index contributed by atoms with van der Waals surface area (Å²) in [7, 11) is 0. The number of amides is 1. The molecule has 102 valence electrons. The van der Waals surface area contributed by atoms with Crippen molar-refractivity contribution in [1.29, 1.82) is 5.26 Å². The van der Waals surface area contributed by atoms with Crippen LogP contribution in [0.25, 0.3) is 0 Å². The monoisotopic (exact) mass is 261 g/mol. The van der Waals surface area contributed by atoms with E-state index in [0.717, 1.165) is 17.9 Å². The van der Waals surface area contributed by atoms with Gasteiger partial charge in [-0.3, -0.25) is 9.48 Å². The zero-order valence-electron chi connectivity index (χ0n) is 11.4. The van der Waals surface area contributed by atoms with Gasteiger partial charge in [0.25, 0.3) is 0 Å². The van der Waals surface area contributed by atoms with E-state index < -0.39 is 0 Å². The average molecular weight is 261 g/mol. The molecule has 0 aliphatic heterocycles. The molecule has 0 aromatic carbocycles. The third kappa shape index (κ3) is 3.55. The highest BCUT2D eigenvalue weighted by molar-refractivity contribution is 5.75. The number of nitrogens with one attached hydrogen (secondary N) is 2. The van der Waals surface area contributed by atoms with Gasteiger partial charge in [0.05, 0.1) is 11.8 Å². The highest BCUT2D eigenvalue weighted by Gasteiger charge is 2.22.